The molecule has 13 heavy (non-hydrogen) atoms. The highest BCUT2D eigenvalue weighted by Crippen LogP contribution is 2.16. The minimum Gasteiger partial charge on any atom is -0.508 e. The number of hydrogen-bond acceptors (Lipinski definition) is 2. The third-order valence-electron chi connectivity index (χ3n) is 1.89. The molecule has 0 fully saturated rings. The first-order chi connectivity index (χ1) is 6.34. The number of para-hydroxylation sites is 1. The van der Waals surface area contributed by atoms with E-state index in [0.717, 1.165) is 25.0 Å². The van der Waals surface area contributed by atoms with Crippen molar-refractivity contribution < 1.29 is 9.84 Å². The van der Waals surface area contributed by atoms with Crippen LogP contribution in [0, 0.1) is 0 Å². The summed E-state index contributed by atoms with van der Waals surface area (Å²) in [5.41, 5.74) is 0.860. The van der Waals surface area contributed by atoms with E-state index in [1.807, 2.05) is 18.2 Å². The SMILES string of the molecule is CCCCOCc1ccccc1O. The van der Waals surface area contributed by atoms with Gasteiger partial charge in [-0.25, -0.2) is 0 Å². The van der Waals surface area contributed by atoms with Crippen molar-refractivity contribution >= 4 is 0 Å². The Morgan fingerprint density at radius 3 is 2.77 bits per heavy atom. The van der Waals surface area contributed by atoms with Crippen molar-refractivity contribution in [3.8, 4) is 5.75 Å². The summed E-state index contributed by atoms with van der Waals surface area (Å²) in [6.07, 6.45) is 2.22. The maximum absolute atomic E-state index is 9.39. The molecule has 0 atom stereocenters. The van der Waals surface area contributed by atoms with Gasteiger partial charge in [-0.1, -0.05) is 31.5 Å². The Kier molecular flexibility index (Phi) is 4.33. The van der Waals surface area contributed by atoms with E-state index >= 15 is 0 Å². The molecule has 1 aromatic carbocycles. The number of ether oxygens (including phenoxy) is 1. The standard InChI is InChI=1S/C11H16O2/c1-2-3-8-13-9-10-6-4-5-7-11(10)12/h4-7,12H,2-3,8-9H2,1H3. The van der Waals surface area contributed by atoms with E-state index in [2.05, 4.69) is 6.92 Å². The van der Waals surface area contributed by atoms with Crippen molar-refractivity contribution in [2.75, 3.05) is 6.61 Å². The van der Waals surface area contributed by atoms with Crippen LogP contribution in [0.4, 0.5) is 0 Å². The van der Waals surface area contributed by atoms with E-state index in [-0.39, 0.29) is 0 Å². The molecule has 0 bridgehead atoms. The number of aromatic hydroxyl groups is 1. The first-order valence-electron chi connectivity index (χ1n) is 4.69. The van der Waals surface area contributed by atoms with E-state index in [9.17, 15) is 5.11 Å². The van der Waals surface area contributed by atoms with Gasteiger partial charge in [-0.3, -0.25) is 0 Å². The molecule has 0 radical (unpaired) electrons. The molecule has 0 saturated carbocycles. The predicted octanol–water partition coefficient (Wildman–Crippen LogP) is 2.71. The Morgan fingerprint density at radius 2 is 2.08 bits per heavy atom. The Morgan fingerprint density at radius 1 is 1.31 bits per heavy atom. The maximum Gasteiger partial charge on any atom is 0.121 e. The van der Waals surface area contributed by atoms with Gasteiger partial charge in [-0.15, -0.1) is 0 Å². The fraction of sp³-hybridized carbons (Fsp3) is 0.455. The highest BCUT2D eigenvalue weighted by Gasteiger charge is 1.98. The Labute approximate surface area is 79.2 Å². The molecular weight excluding hydrogens is 164 g/mol. The van der Waals surface area contributed by atoms with Gasteiger partial charge in [0.2, 0.25) is 0 Å². The van der Waals surface area contributed by atoms with Gasteiger partial charge in [0.1, 0.15) is 5.75 Å². The fourth-order valence-corrected chi connectivity index (χ4v) is 1.06. The average molecular weight is 180 g/mol. The van der Waals surface area contributed by atoms with E-state index < -0.39 is 0 Å². The van der Waals surface area contributed by atoms with E-state index in [1.165, 1.54) is 0 Å². The van der Waals surface area contributed by atoms with Gasteiger partial charge >= 0.3 is 0 Å². The van der Waals surface area contributed by atoms with Crippen LogP contribution in [-0.4, -0.2) is 11.7 Å². The summed E-state index contributed by atoms with van der Waals surface area (Å²) < 4.78 is 5.38. The van der Waals surface area contributed by atoms with Crippen LogP contribution in [0.1, 0.15) is 25.3 Å². The van der Waals surface area contributed by atoms with Gasteiger partial charge in [-0.05, 0) is 12.5 Å². The quantitative estimate of drug-likeness (QED) is 0.706. The van der Waals surface area contributed by atoms with Crippen molar-refractivity contribution in [3.63, 3.8) is 0 Å². The lowest BCUT2D eigenvalue weighted by molar-refractivity contribution is 0.116. The molecule has 0 aliphatic carbocycles. The molecule has 2 heteroatoms. The summed E-state index contributed by atoms with van der Waals surface area (Å²) >= 11 is 0. The molecule has 0 aliphatic rings. The lowest BCUT2D eigenvalue weighted by atomic mass is 10.2. The van der Waals surface area contributed by atoms with Crippen LogP contribution < -0.4 is 0 Å². The van der Waals surface area contributed by atoms with E-state index in [1.54, 1.807) is 6.07 Å². The molecule has 0 saturated heterocycles. The van der Waals surface area contributed by atoms with Crippen molar-refractivity contribution in [1.82, 2.24) is 0 Å². The molecule has 2 nitrogen and oxygen atoms in total. The second kappa shape index (κ2) is 5.60. The number of phenolic OH excluding ortho intramolecular Hbond substituents is 1. The molecular formula is C11H16O2. The van der Waals surface area contributed by atoms with Crippen LogP contribution in [0.5, 0.6) is 5.75 Å². The van der Waals surface area contributed by atoms with Crippen LogP contribution in [0.15, 0.2) is 24.3 Å². The monoisotopic (exact) mass is 180 g/mol. The lowest BCUT2D eigenvalue weighted by Gasteiger charge is -2.04. The third kappa shape index (κ3) is 3.47. The summed E-state index contributed by atoms with van der Waals surface area (Å²) in [4.78, 5) is 0. The molecule has 0 amide bonds. The molecule has 1 rings (SSSR count). The molecule has 1 N–H and O–H groups in total. The maximum atomic E-state index is 9.39. The summed E-state index contributed by atoms with van der Waals surface area (Å²) in [6.45, 7) is 3.40. The zero-order chi connectivity index (χ0) is 9.52. The first kappa shape index (κ1) is 10.1. The van der Waals surface area contributed by atoms with Crippen LogP contribution in [0.25, 0.3) is 0 Å². The van der Waals surface area contributed by atoms with E-state index in [4.69, 9.17) is 4.74 Å². The number of unbranched alkanes of at least 4 members (excludes halogenated alkanes) is 1. The summed E-state index contributed by atoms with van der Waals surface area (Å²) in [7, 11) is 0. The molecule has 0 spiro atoms. The second-order valence-corrected chi connectivity index (χ2v) is 3.03. The fourth-order valence-electron chi connectivity index (χ4n) is 1.06. The zero-order valence-corrected chi connectivity index (χ0v) is 7.99. The van der Waals surface area contributed by atoms with Gasteiger partial charge in [0.15, 0.2) is 0 Å². The number of benzene rings is 1. The second-order valence-electron chi connectivity index (χ2n) is 3.03. The normalized spacial score (nSPS) is 10.2. The smallest absolute Gasteiger partial charge is 0.121 e. The Bertz CT molecular complexity index is 246. The van der Waals surface area contributed by atoms with Crippen molar-refractivity contribution in [3.05, 3.63) is 29.8 Å². The summed E-state index contributed by atoms with van der Waals surface area (Å²) in [5.74, 6) is 0.319. The van der Waals surface area contributed by atoms with Crippen LogP contribution >= 0.6 is 0 Å². The molecule has 0 aliphatic heterocycles. The molecule has 0 heterocycles. The van der Waals surface area contributed by atoms with Crippen LogP contribution in [0.2, 0.25) is 0 Å². The Balaban J connectivity index is 2.32. The van der Waals surface area contributed by atoms with Crippen molar-refractivity contribution in [2.45, 2.75) is 26.4 Å². The summed E-state index contributed by atoms with van der Waals surface area (Å²) in [5, 5.41) is 9.39. The number of hydrogen-bond donors (Lipinski definition) is 1. The van der Waals surface area contributed by atoms with Crippen LogP contribution in [0.3, 0.4) is 0 Å². The molecule has 72 valence electrons. The molecule has 0 unspecified atom stereocenters. The van der Waals surface area contributed by atoms with Crippen molar-refractivity contribution in [2.24, 2.45) is 0 Å². The average Bonchev–Trinajstić information content (AvgIpc) is 2.15. The highest BCUT2D eigenvalue weighted by molar-refractivity contribution is 5.30. The van der Waals surface area contributed by atoms with Gasteiger partial charge in [-0.2, -0.15) is 0 Å². The highest BCUT2D eigenvalue weighted by atomic mass is 16.5. The third-order valence-corrected chi connectivity index (χ3v) is 1.89. The topological polar surface area (TPSA) is 29.5 Å². The number of phenols is 1. The number of rotatable bonds is 5. The zero-order valence-electron chi connectivity index (χ0n) is 7.99. The Hall–Kier alpha value is -1.02. The molecule has 0 aromatic heterocycles. The first-order valence-corrected chi connectivity index (χ1v) is 4.69. The minimum atomic E-state index is 0.319. The van der Waals surface area contributed by atoms with Gasteiger partial charge < -0.3 is 9.84 Å². The van der Waals surface area contributed by atoms with Crippen molar-refractivity contribution in [1.29, 1.82) is 0 Å². The van der Waals surface area contributed by atoms with Crippen LogP contribution in [-0.2, 0) is 11.3 Å². The van der Waals surface area contributed by atoms with Gasteiger partial charge in [0.25, 0.3) is 0 Å². The largest absolute Gasteiger partial charge is 0.508 e. The predicted molar refractivity (Wildman–Crippen MR) is 52.7 cm³/mol. The molecule has 1 aromatic rings. The minimum absolute atomic E-state index is 0.319. The van der Waals surface area contributed by atoms with E-state index in [0.29, 0.717) is 12.4 Å². The lowest BCUT2D eigenvalue weighted by Crippen LogP contribution is -1.94. The van der Waals surface area contributed by atoms with Gasteiger partial charge in [0, 0.05) is 12.2 Å². The summed E-state index contributed by atoms with van der Waals surface area (Å²) in [6, 6.07) is 7.27. The van der Waals surface area contributed by atoms with Gasteiger partial charge in [0.05, 0.1) is 6.61 Å².